The second-order valence-corrected chi connectivity index (χ2v) is 12.9. The third-order valence-corrected chi connectivity index (χ3v) is 7.37. The molecule has 0 bridgehead atoms. The molecule has 10 nitrogen and oxygen atoms in total. The molecule has 2 amide bonds. The summed E-state index contributed by atoms with van der Waals surface area (Å²) in [5.74, 6) is -3.67. The Morgan fingerprint density at radius 1 is 1.04 bits per heavy atom. The Morgan fingerprint density at radius 2 is 1.78 bits per heavy atom. The summed E-state index contributed by atoms with van der Waals surface area (Å²) >= 11 is 0. The maximum Gasteiger partial charge on any atom is 0.407 e. The van der Waals surface area contributed by atoms with Crippen LogP contribution in [-0.2, 0) is 11.3 Å². The van der Waals surface area contributed by atoms with Gasteiger partial charge in [0, 0.05) is 24.2 Å². The number of nitrogens with zero attached hydrogens (tertiary/aromatic N) is 5. The summed E-state index contributed by atoms with van der Waals surface area (Å²) in [5, 5.41) is 30.1. The molecule has 2 N–H and O–H groups in total. The van der Waals surface area contributed by atoms with Crippen LogP contribution in [0.25, 0.3) is 33.3 Å². The summed E-state index contributed by atoms with van der Waals surface area (Å²) in [5.41, 5.74) is -1.82. The number of hydrogen-bond acceptors (Lipinski definition) is 7. The lowest BCUT2D eigenvalue weighted by Gasteiger charge is -2.22. The van der Waals surface area contributed by atoms with Crippen LogP contribution in [0.1, 0.15) is 57.0 Å². The van der Waals surface area contributed by atoms with Gasteiger partial charge >= 0.3 is 6.09 Å². The molecule has 0 radical (unpaired) electrons. The van der Waals surface area contributed by atoms with E-state index in [0.29, 0.717) is 13.0 Å². The third-order valence-electron chi connectivity index (χ3n) is 7.37. The van der Waals surface area contributed by atoms with E-state index < -0.39 is 34.7 Å². The number of carbonyl (C=O) groups excluding carboxylic acids is 2. The molecule has 1 aliphatic heterocycles. The van der Waals surface area contributed by atoms with E-state index in [2.05, 4.69) is 15.6 Å². The van der Waals surface area contributed by atoms with Gasteiger partial charge in [-0.25, -0.2) is 22.6 Å². The molecule has 1 saturated heterocycles. The van der Waals surface area contributed by atoms with Gasteiger partial charge in [-0.1, -0.05) is 17.3 Å². The lowest BCUT2D eigenvalue weighted by Crippen LogP contribution is -2.41. The van der Waals surface area contributed by atoms with Gasteiger partial charge in [-0.2, -0.15) is 5.26 Å². The number of aliphatic hydroxyl groups is 1. The number of amides is 2. The molecule has 3 aromatic carbocycles. The Bertz CT molecular complexity index is 1890. The van der Waals surface area contributed by atoms with E-state index in [0.717, 1.165) is 10.7 Å². The van der Waals surface area contributed by atoms with Crippen molar-refractivity contribution in [2.75, 3.05) is 13.1 Å². The van der Waals surface area contributed by atoms with Gasteiger partial charge in [0.1, 0.15) is 28.5 Å². The molecule has 1 atom stereocenters. The van der Waals surface area contributed by atoms with Crippen molar-refractivity contribution in [3.8, 4) is 28.3 Å². The standard InChI is InChI=1S/C33H33F3N6O4/c1-32(2,3)46-31(44)38-21-10-11-41(16-21)30(43)19-8-9-22(23(12-19)18-6-7-20(15-37)25(34)13-18)24-14-26-29(28(36)27(24)35)42(40-39-26)17-33(4,5)45/h6-9,12-14,21,45H,10-11,16-17H2,1-5H3,(H,38,44)/t21-/m0/s1. The molecule has 1 aliphatic rings. The Kier molecular flexibility index (Phi) is 8.53. The first-order chi connectivity index (χ1) is 21.5. The molecule has 1 aromatic heterocycles. The van der Waals surface area contributed by atoms with E-state index in [-0.39, 0.29) is 69.5 Å². The smallest absolute Gasteiger partial charge is 0.407 e. The Morgan fingerprint density at radius 3 is 2.43 bits per heavy atom. The van der Waals surface area contributed by atoms with Crippen LogP contribution >= 0.6 is 0 Å². The molecule has 0 aliphatic carbocycles. The number of halogens is 3. The number of alkyl carbamates (subject to hydrolysis) is 1. The number of hydrogen-bond donors (Lipinski definition) is 2. The molecule has 2 heterocycles. The fraction of sp³-hybridized carbons (Fsp3) is 0.364. The number of ether oxygens (including phenoxy) is 1. The summed E-state index contributed by atoms with van der Waals surface area (Å²) < 4.78 is 52.6. The fourth-order valence-electron chi connectivity index (χ4n) is 5.39. The molecule has 0 spiro atoms. The molecule has 13 heteroatoms. The maximum absolute atomic E-state index is 15.8. The predicted molar refractivity (Wildman–Crippen MR) is 163 cm³/mol. The number of aromatic nitrogens is 3. The Labute approximate surface area is 263 Å². The van der Waals surface area contributed by atoms with E-state index >= 15 is 8.78 Å². The van der Waals surface area contributed by atoms with Gasteiger partial charge in [0.15, 0.2) is 11.6 Å². The molecule has 46 heavy (non-hydrogen) atoms. The van der Waals surface area contributed by atoms with Crippen LogP contribution in [-0.4, -0.2) is 67.3 Å². The second-order valence-electron chi connectivity index (χ2n) is 12.9. The van der Waals surface area contributed by atoms with Gasteiger partial charge in [0.05, 0.1) is 23.8 Å². The minimum atomic E-state index is -1.28. The van der Waals surface area contributed by atoms with E-state index in [1.807, 2.05) is 0 Å². The molecular weight excluding hydrogens is 601 g/mol. The molecule has 5 rings (SSSR count). The minimum absolute atomic E-state index is 0.0239. The maximum atomic E-state index is 15.8. The van der Waals surface area contributed by atoms with Crippen LogP contribution in [0.2, 0.25) is 0 Å². The number of benzene rings is 3. The van der Waals surface area contributed by atoms with Gasteiger partial charge in [0.25, 0.3) is 5.91 Å². The van der Waals surface area contributed by atoms with Gasteiger partial charge in [-0.05, 0) is 88.1 Å². The first-order valence-corrected chi connectivity index (χ1v) is 14.6. The van der Waals surface area contributed by atoms with Gasteiger partial charge in [-0.3, -0.25) is 4.79 Å². The SMILES string of the molecule is CC(C)(O)Cn1nnc2cc(-c3ccc(C(=O)N4CC[C@H](NC(=O)OC(C)(C)C)C4)cc3-c3ccc(C#N)c(F)c3)c(F)c(F)c21. The Balaban J connectivity index is 1.54. The van der Waals surface area contributed by atoms with Crippen molar-refractivity contribution >= 4 is 23.0 Å². The van der Waals surface area contributed by atoms with Crippen molar-refractivity contribution in [2.45, 2.75) is 64.8 Å². The number of nitrogens with one attached hydrogen (secondary N) is 1. The summed E-state index contributed by atoms with van der Waals surface area (Å²) in [7, 11) is 0. The number of likely N-dealkylation sites (tertiary alicyclic amines) is 1. The first-order valence-electron chi connectivity index (χ1n) is 14.6. The van der Waals surface area contributed by atoms with Crippen molar-refractivity contribution in [1.29, 1.82) is 5.26 Å². The van der Waals surface area contributed by atoms with E-state index in [9.17, 15) is 24.3 Å². The lowest BCUT2D eigenvalue weighted by atomic mass is 9.91. The van der Waals surface area contributed by atoms with Crippen molar-refractivity contribution in [3.63, 3.8) is 0 Å². The molecule has 0 saturated carbocycles. The number of fused-ring (bicyclic) bond motifs is 1. The zero-order valence-electron chi connectivity index (χ0n) is 26.0. The fourth-order valence-corrected chi connectivity index (χ4v) is 5.39. The van der Waals surface area contributed by atoms with Crippen molar-refractivity contribution in [2.24, 2.45) is 0 Å². The van der Waals surface area contributed by atoms with Crippen LogP contribution < -0.4 is 5.32 Å². The van der Waals surface area contributed by atoms with E-state index in [1.54, 1.807) is 31.7 Å². The number of rotatable bonds is 6. The largest absolute Gasteiger partial charge is 0.444 e. The lowest BCUT2D eigenvalue weighted by molar-refractivity contribution is 0.0501. The van der Waals surface area contributed by atoms with E-state index in [1.165, 1.54) is 50.2 Å². The third kappa shape index (κ3) is 6.82. The molecular formula is C33H33F3N6O4. The average Bonchev–Trinajstić information content (AvgIpc) is 3.59. The molecule has 240 valence electrons. The molecule has 0 unspecified atom stereocenters. The molecule has 4 aromatic rings. The van der Waals surface area contributed by atoms with Crippen LogP contribution in [0, 0.1) is 28.8 Å². The average molecular weight is 635 g/mol. The number of nitriles is 1. The highest BCUT2D eigenvalue weighted by molar-refractivity contribution is 5.98. The summed E-state index contributed by atoms with van der Waals surface area (Å²) in [6.45, 7) is 8.66. The van der Waals surface area contributed by atoms with Crippen LogP contribution in [0.4, 0.5) is 18.0 Å². The van der Waals surface area contributed by atoms with Crippen LogP contribution in [0.15, 0.2) is 42.5 Å². The summed E-state index contributed by atoms with van der Waals surface area (Å²) in [6, 6.07) is 10.9. The summed E-state index contributed by atoms with van der Waals surface area (Å²) in [6.07, 6.45) is -0.0947. The van der Waals surface area contributed by atoms with Gasteiger partial charge in [0.2, 0.25) is 0 Å². The Hall–Kier alpha value is -4.96. The first kappa shape index (κ1) is 32.4. The highest BCUT2D eigenvalue weighted by Crippen LogP contribution is 2.38. The van der Waals surface area contributed by atoms with Gasteiger partial charge < -0.3 is 20.1 Å². The topological polar surface area (TPSA) is 133 Å². The highest BCUT2D eigenvalue weighted by Gasteiger charge is 2.30. The van der Waals surface area contributed by atoms with Crippen LogP contribution in [0.5, 0.6) is 0 Å². The quantitative estimate of drug-likeness (QED) is 0.284. The summed E-state index contributed by atoms with van der Waals surface area (Å²) in [4.78, 5) is 27.4. The van der Waals surface area contributed by atoms with Crippen molar-refractivity contribution < 1.29 is 32.6 Å². The van der Waals surface area contributed by atoms with E-state index in [4.69, 9.17) is 4.74 Å². The zero-order valence-corrected chi connectivity index (χ0v) is 26.0. The molecule has 1 fully saturated rings. The van der Waals surface area contributed by atoms with Gasteiger partial charge in [-0.15, -0.1) is 5.10 Å². The predicted octanol–water partition coefficient (Wildman–Crippen LogP) is 5.56. The normalized spacial score (nSPS) is 15.2. The monoisotopic (exact) mass is 634 g/mol. The zero-order chi connectivity index (χ0) is 33.6. The minimum Gasteiger partial charge on any atom is -0.444 e. The number of carbonyl (C=O) groups is 2. The van der Waals surface area contributed by atoms with Crippen molar-refractivity contribution in [3.05, 3.63) is 71.0 Å². The van der Waals surface area contributed by atoms with Crippen LogP contribution in [0.3, 0.4) is 0 Å². The van der Waals surface area contributed by atoms with Crippen molar-refractivity contribution in [1.82, 2.24) is 25.2 Å². The second kappa shape index (κ2) is 12.1. The highest BCUT2D eigenvalue weighted by atomic mass is 19.2.